The zero-order valence-corrected chi connectivity index (χ0v) is 20.5. The van der Waals surface area contributed by atoms with Crippen molar-refractivity contribution in [3.63, 3.8) is 0 Å². The molecule has 0 spiro atoms. The zero-order chi connectivity index (χ0) is 25.6. The van der Waals surface area contributed by atoms with Gasteiger partial charge in [0.2, 0.25) is 0 Å². The van der Waals surface area contributed by atoms with Crippen molar-refractivity contribution in [3.8, 4) is 16.9 Å². The number of hydrogen-bond donors (Lipinski definition) is 0. The minimum absolute atomic E-state index is 0.318. The minimum Gasteiger partial charge on any atom is -0.451 e. The first-order valence-electron chi connectivity index (χ1n) is 11.5. The van der Waals surface area contributed by atoms with Gasteiger partial charge >= 0.3 is 12.4 Å². The molecule has 1 atom stereocenters. The van der Waals surface area contributed by atoms with Crippen molar-refractivity contribution < 1.29 is 38.3 Å². The van der Waals surface area contributed by atoms with Crippen molar-refractivity contribution in [3.05, 3.63) is 90.0 Å². The molecule has 191 valence electrons. The van der Waals surface area contributed by atoms with Crippen LogP contribution in [0.2, 0.25) is 0 Å². The van der Waals surface area contributed by atoms with Crippen LogP contribution in [0.5, 0.6) is 5.75 Å². The van der Waals surface area contributed by atoms with Gasteiger partial charge in [-0.25, -0.2) is 9.90 Å². The highest BCUT2D eigenvalue weighted by molar-refractivity contribution is 5.71. The second kappa shape index (κ2) is 15.0. The van der Waals surface area contributed by atoms with E-state index in [2.05, 4.69) is 0 Å². The van der Waals surface area contributed by atoms with E-state index in [1.165, 1.54) is 0 Å². The van der Waals surface area contributed by atoms with Gasteiger partial charge in [0.05, 0.1) is 26.4 Å². The molecular formula is C28H31O8. The third-order valence-electron chi connectivity index (χ3n) is 5.16. The van der Waals surface area contributed by atoms with Crippen LogP contribution in [0.25, 0.3) is 11.1 Å². The molecule has 0 bridgehead atoms. The highest BCUT2D eigenvalue weighted by Gasteiger charge is 2.19. The molecule has 0 saturated carbocycles. The molecule has 3 aromatic carbocycles. The van der Waals surface area contributed by atoms with Crippen LogP contribution in [0.3, 0.4) is 0 Å². The number of esters is 1. The topological polar surface area (TPSA) is 92.4 Å². The van der Waals surface area contributed by atoms with E-state index in [1.807, 2.05) is 78.9 Å². The summed E-state index contributed by atoms with van der Waals surface area (Å²) in [6, 6.07) is 24.5. The highest BCUT2D eigenvalue weighted by Crippen LogP contribution is 2.30. The van der Waals surface area contributed by atoms with Crippen LogP contribution < -0.4 is 4.74 Å². The van der Waals surface area contributed by atoms with Gasteiger partial charge in [0.1, 0.15) is 5.75 Å². The molecule has 0 aromatic heterocycles. The number of hydrogen-bond acceptors (Lipinski definition) is 7. The zero-order valence-electron chi connectivity index (χ0n) is 20.5. The summed E-state index contributed by atoms with van der Waals surface area (Å²) in [5.74, 6) is -0.230. The smallest absolute Gasteiger partial charge is 0.336 e. The van der Waals surface area contributed by atoms with Crippen molar-refractivity contribution in [1.82, 2.24) is 0 Å². The Morgan fingerprint density at radius 2 is 1.36 bits per heavy atom. The second-order valence-corrected chi connectivity index (χ2v) is 7.71. The minimum atomic E-state index is -0.935. The molecule has 36 heavy (non-hydrogen) atoms. The van der Waals surface area contributed by atoms with Crippen molar-refractivity contribution in [2.24, 2.45) is 0 Å². The maximum Gasteiger partial charge on any atom is 0.336 e. The van der Waals surface area contributed by atoms with Crippen molar-refractivity contribution in [2.75, 3.05) is 47.3 Å². The summed E-state index contributed by atoms with van der Waals surface area (Å²) in [4.78, 5) is 11.8. The lowest BCUT2D eigenvalue weighted by Gasteiger charge is -2.20. The molecule has 0 aliphatic heterocycles. The molecular weight excluding hydrogens is 464 g/mol. The van der Waals surface area contributed by atoms with Gasteiger partial charge in [-0.3, -0.25) is 0 Å². The first-order valence-corrected chi connectivity index (χ1v) is 11.5. The Kier molecular flexibility index (Phi) is 11.4. The van der Waals surface area contributed by atoms with Gasteiger partial charge in [-0.1, -0.05) is 60.7 Å². The first kappa shape index (κ1) is 27.3. The summed E-state index contributed by atoms with van der Waals surface area (Å²) >= 11 is 0. The van der Waals surface area contributed by atoms with Crippen molar-refractivity contribution in [2.45, 2.75) is 12.6 Å². The predicted molar refractivity (Wildman–Crippen MR) is 132 cm³/mol. The number of rotatable bonds is 15. The number of carbonyl (C=O) groups is 1. The van der Waals surface area contributed by atoms with Crippen molar-refractivity contribution in [1.29, 1.82) is 0 Å². The fourth-order valence-corrected chi connectivity index (χ4v) is 3.41. The number of carbonyl (C=O) groups excluding carboxylic acids is 1. The molecule has 0 aliphatic carbocycles. The van der Waals surface area contributed by atoms with Gasteiger partial charge in [-0.05, 0) is 40.5 Å². The third-order valence-corrected chi connectivity index (χ3v) is 5.16. The first-order chi connectivity index (χ1) is 17.6. The maximum absolute atomic E-state index is 11.8. The molecule has 0 amide bonds. The van der Waals surface area contributed by atoms with E-state index in [4.69, 9.17) is 28.4 Å². The van der Waals surface area contributed by atoms with E-state index >= 15 is 0 Å². The molecule has 0 fully saturated rings. The summed E-state index contributed by atoms with van der Waals surface area (Å²) in [5.41, 5.74) is 3.40. The lowest BCUT2D eigenvalue weighted by Crippen LogP contribution is -2.27. The van der Waals surface area contributed by atoms with E-state index in [0.29, 0.717) is 32.2 Å². The average Bonchev–Trinajstić information content (AvgIpc) is 2.92. The fraction of sp³-hybridized carbons (Fsp3) is 0.321. The number of benzene rings is 3. The van der Waals surface area contributed by atoms with Gasteiger partial charge in [-0.15, -0.1) is 0 Å². The van der Waals surface area contributed by atoms with E-state index in [0.717, 1.165) is 22.3 Å². The van der Waals surface area contributed by atoms with Crippen LogP contribution in [-0.2, 0) is 33.6 Å². The van der Waals surface area contributed by atoms with Crippen molar-refractivity contribution >= 4 is 5.97 Å². The van der Waals surface area contributed by atoms with E-state index in [9.17, 15) is 9.90 Å². The van der Waals surface area contributed by atoms with Crippen LogP contribution in [0, 0.1) is 0 Å². The van der Waals surface area contributed by atoms with Crippen LogP contribution in [0.1, 0.15) is 17.2 Å². The Balaban J connectivity index is 1.75. The molecule has 8 nitrogen and oxygen atoms in total. The normalized spacial score (nSPS) is 11.9. The predicted octanol–water partition coefficient (Wildman–Crippen LogP) is 4.41. The van der Waals surface area contributed by atoms with Crippen LogP contribution in [-0.4, -0.2) is 59.7 Å². The Morgan fingerprint density at radius 3 is 1.97 bits per heavy atom. The second-order valence-electron chi connectivity index (χ2n) is 7.71. The number of ether oxygens (including phenoxy) is 6. The fourth-order valence-electron chi connectivity index (χ4n) is 3.41. The Bertz CT molecular complexity index is 1030. The molecule has 1 unspecified atom stereocenters. The standard InChI is InChI=1S/C28H31O8/c1-31-15-17-33-28(34-18-16-32-2)35-25-13-11-21(12-14-25)23-9-6-10-24(19-23)27(36-26(30)20-29)22-7-4-3-5-8-22/h3-14,19,27-28H,15-18,20H2,1-2H3. The highest BCUT2D eigenvalue weighted by atomic mass is 16.8. The average molecular weight is 496 g/mol. The molecule has 1 radical (unpaired) electrons. The summed E-state index contributed by atoms with van der Waals surface area (Å²) in [7, 11) is 3.18. The molecule has 3 aromatic rings. The van der Waals surface area contributed by atoms with Gasteiger partial charge in [-0.2, -0.15) is 0 Å². The van der Waals surface area contributed by atoms with E-state index in [1.54, 1.807) is 14.2 Å². The van der Waals surface area contributed by atoms with Gasteiger partial charge in [0.15, 0.2) is 12.7 Å². The van der Waals surface area contributed by atoms with Crippen LogP contribution >= 0.6 is 0 Å². The van der Waals surface area contributed by atoms with Crippen LogP contribution in [0.4, 0.5) is 0 Å². The quantitative estimate of drug-likeness (QED) is 0.175. The lowest BCUT2D eigenvalue weighted by molar-refractivity contribution is -0.252. The molecule has 8 heteroatoms. The molecule has 0 heterocycles. The molecule has 3 rings (SSSR count). The summed E-state index contributed by atoms with van der Waals surface area (Å²) in [6.07, 6.45) is -0.676. The molecule has 0 N–H and O–H groups in total. The summed E-state index contributed by atoms with van der Waals surface area (Å²) in [6.45, 7) is -0.368. The van der Waals surface area contributed by atoms with E-state index < -0.39 is 25.2 Å². The Morgan fingerprint density at radius 1 is 0.722 bits per heavy atom. The molecule has 0 aliphatic rings. The summed E-state index contributed by atoms with van der Waals surface area (Å²) < 4.78 is 32.5. The molecule has 0 saturated heterocycles. The van der Waals surface area contributed by atoms with Gasteiger partial charge in [0, 0.05) is 14.2 Å². The Labute approximate surface area is 211 Å². The van der Waals surface area contributed by atoms with E-state index in [-0.39, 0.29) is 0 Å². The van der Waals surface area contributed by atoms with Gasteiger partial charge in [0.25, 0.3) is 0 Å². The lowest BCUT2D eigenvalue weighted by atomic mass is 9.97. The number of methoxy groups -OCH3 is 2. The Hall–Kier alpha value is -3.27. The third kappa shape index (κ3) is 8.44. The monoisotopic (exact) mass is 495 g/mol. The van der Waals surface area contributed by atoms with Crippen LogP contribution in [0.15, 0.2) is 78.9 Å². The largest absolute Gasteiger partial charge is 0.451 e. The maximum atomic E-state index is 11.8. The SMILES string of the molecule is COCCOC(OCCOC)Oc1ccc(-c2cccc(C(OC(=O)C[O])c3ccccc3)c2)cc1. The summed E-state index contributed by atoms with van der Waals surface area (Å²) in [5, 5.41) is 11.1. The van der Waals surface area contributed by atoms with Gasteiger partial charge < -0.3 is 28.4 Å².